The molecule has 12 heavy (non-hydrogen) atoms. The minimum absolute atomic E-state index is 0.687. The van der Waals surface area contributed by atoms with Gasteiger partial charge in [-0.05, 0) is 18.8 Å². The van der Waals surface area contributed by atoms with Gasteiger partial charge in [-0.1, -0.05) is 0 Å². The van der Waals surface area contributed by atoms with E-state index in [0.29, 0.717) is 12.1 Å². The highest BCUT2D eigenvalue weighted by atomic mass is 15.2. The van der Waals surface area contributed by atoms with Crippen molar-refractivity contribution in [3.05, 3.63) is 18.7 Å². The first-order valence-electron chi connectivity index (χ1n) is 4.66. The minimum Gasteiger partial charge on any atom is -0.333 e. The van der Waals surface area contributed by atoms with Crippen LogP contribution in [0.2, 0.25) is 0 Å². The van der Waals surface area contributed by atoms with Gasteiger partial charge in [0.1, 0.15) is 0 Å². The van der Waals surface area contributed by atoms with Crippen molar-refractivity contribution in [3.63, 3.8) is 0 Å². The van der Waals surface area contributed by atoms with Gasteiger partial charge in [0.05, 0.1) is 12.4 Å². The van der Waals surface area contributed by atoms with E-state index >= 15 is 0 Å². The summed E-state index contributed by atoms with van der Waals surface area (Å²) in [7, 11) is 0. The highest BCUT2D eigenvalue weighted by molar-refractivity contribution is 5.02. The molecule has 0 unspecified atom stereocenters. The molecule has 2 aliphatic rings. The van der Waals surface area contributed by atoms with Crippen LogP contribution < -0.4 is 5.32 Å². The molecule has 0 spiro atoms. The van der Waals surface area contributed by atoms with Crippen LogP contribution in [0.1, 0.15) is 18.9 Å². The second kappa shape index (κ2) is 2.33. The number of aromatic nitrogens is 2. The predicted molar refractivity (Wildman–Crippen MR) is 45.8 cm³/mol. The Morgan fingerprint density at radius 1 is 1.42 bits per heavy atom. The number of nitrogens with one attached hydrogen (secondary N) is 1. The van der Waals surface area contributed by atoms with Crippen molar-refractivity contribution in [2.45, 2.75) is 24.9 Å². The Morgan fingerprint density at radius 3 is 2.92 bits per heavy atom. The average Bonchev–Trinajstić information content (AvgIpc) is 2.78. The van der Waals surface area contributed by atoms with Crippen molar-refractivity contribution in [3.8, 4) is 0 Å². The number of fused-ring (bicyclic) bond motifs is 2. The highest BCUT2D eigenvalue weighted by Gasteiger charge is 2.42. The second-order valence-electron chi connectivity index (χ2n) is 3.85. The first-order chi connectivity index (χ1) is 5.95. The lowest BCUT2D eigenvalue weighted by molar-refractivity contribution is 0.435. The van der Waals surface area contributed by atoms with Crippen LogP contribution in [0.3, 0.4) is 0 Å². The van der Waals surface area contributed by atoms with Crippen LogP contribution in [0.15, 0.2) is 18.7 Å². The number of piperidine rings is 1. The Balaban J connectivity index is 1.94. The summed E-state index contributed by atoms with van der Waals surface area (Å²) in [6.45, 7) is 1.20. The lowest BCUT2D eigenvalue weighted by atomic mass is 10.1. The number of imidazole rings is 1. The van der Waals surface area contributed by atoms with Crippen molar-refractivity contribution < 1.29 is 0 Å². The zero-order valence-corrected chi connectivity index (χ0v) is 6.98. The average molecular weight is 163 g/mol. The van der Waals surface area contributed by atoms with E-state index < -0.39 is 0 Å². The number of nitrogens with zero attached hydrogens (tertiary/aromatic N) is 2. The lowest BCUT2D eigenvalue weighted by Crippen LogP contribution is -2.26. The van der Waals surface area contributed by atoms with E-state index in [2.05, 4.69) is 21.1 Å². The molecule has 64 valence electrons. The Hall–Kier alpha value is -0.830. The maximum absolute atomic E-state index is 4.10. The van der Waals surface area contributed by atoms with Gasteiger partial charge >= 0.3 is 0 Å². The van der Waals surface area contributed by atoms with Gasteiger partial charge in [0.15, 0.2) is 0 Å². The predicted octanol–water partition coefficient (Wildman–Crippen LogP) is 0.806. The molecule has 1 saturated carbocycles. The molecule has 1 aromatic heterocycles. The molecule has 3 heteroatoms. The van der Waals surface area contributed by atoms with Gasteiger partial charge in [0.2, 0.25) is 0 Å². The zero-order chi connectivity index (χ0) is 7.97. The van der Waals surface area contributed by atoms with Crippen LogP contribution in [0, 0.1) is 5.92 Å². The Kier molecular flexibility index (Phi) is 1.29. The van der Waals surface area contributed by atoms with E-state index in [1.165, 1.54) is 19.4 Å². The highest BCUT2D eigenvalue weighted by Crippen LogP contribution is 2.40. The molecule has 1 saturated heterocycles. The van der Waals surface area contributed by atoms with E-state index in [1.54, 1.807) is 0 Å². The molecule has 0 amide bonds. The monoisotopic (exact) mass is 163 g/mol. The van der Waals surface area contributed by atoms with Crippen molar-refractivity contribution in [1.82, 2.24) is 14.9 Å². The van der Waals surface area contributed by atoms with Gasteiger partial charge in [-0.3, -0.25) is 0 Å². The number of hydrogen-bond acceptors (Lipinski definition) is 2. The van der Waals surface area contributed by atoms with E-state index in [0.717, 1.165) is 5.92 Å². The maximum atomic E-state index is 4.10. The van der Waals surface area contributed by atoms with Gasteiger partial charge in [0, 0.05) is 25.0 Å². The lowest BCUT2D eigenvalue weighted by Gasteiger charge is -2.15. The van der Waals surface area contributed by atoms with Crippen LogP contribution in [-0.4, -0.2) is 22.1 Å². The molecular formula is C9H13N3. The van der Waals surface area contributed by atoms with Crippen LogP contribution in [0.4, 0.5) is 0 Å². The van der Waals surface area contributed by atoms with Crippen molar-refractivity contribution in [1.29, 1.82) is 0 Å². The summed E-state index contributed by atoms with van der Waals surface area (Å²) in [4.78, 5) is 4.10. The van der Waals surface area contributed by atoms with Crippen LogP contribution in [0.5, 0.6) is 0 Å². The van der Waals surface area contributed by atoms with E-state index in [1.807, 2.05) is 12.5 Å². The summed E-state index contributed by atoms with van der Waals surface area (Å²) in [5.41, 5.74) is 0. The first-order valence-corrected chi connectivity index (χ1v) is 4.66. The first kappa shape index (κ1) is 6.66. The summed E-state index contributed by atoms with van der Waals surface area (Å²) in [5.74, 6) is 0.851. The van der Waals surface area contributed by atoms with Crippen LogP contribution in [0.25, 0.3) is 0 Å². The van der Waals surface area contributed by atoms with Crippen molar-refractivity contribution in [2.75, 3.05) is 6.54 Å². The van der Waals surface area contributed by atoms with Gasteiger partial charge in [-0.15, -0.1) is 0 Å². The molecule has 1 aliphatic carbocycles. The standard InChI is InChI=1S/C9H13N3/c1-2-8-9(7(1)5-11-8)12-4-3-10-6-12/h3-4,6-9,11H,1-2,5H2/t7-,8+,9-/m0/s1. The molecule has 1 aromatic rings. The SMILES string of the molecule is c1cn([C@H]2[C@H]3CC[C@H]2NC3)cn1. The summed E-state index contributed by atoms with van der Waals surface area (Å²) in [6, 6.07) is 1.40. The van der Waals surface area contributed by atoms with Gasteiger partial charge in [-0.2, -0.15) is 0 Å². The van der Waals surface area contributed by atoms with Gasteiger partial charge in [-0.25, -0.2) is 4.98 Å². The molecule has 3 rings (SSSR count). The molecule has 2 fully saturated rings. The minimum atomic E-state index is 0.687. The third kappa shape index (κ3) is 0.771. The Labute approximate surface area is 71.8 Å². The molecular weight excluding hydrogens is 150 g/mol. The molecule has 3 atom stereocenters. The molecule has 0 aromatic carbocycles. The fourth-order valence-electron chi connectivity index (χ4n) is 2.71. The second-order valence-corrected chi connectivity index (χ2v) is 3.85. The van der Waals surface area contributed by atoms with Crippen LogP contribution >= 0.6 is 0 Å². The summed E-state index contributed by atoms with van der Waals surface area (Å²) < 4.78 is 2.27. The van der Waals surface area contributed by atoms with E-state index in [9.17, 15) is 0 Å². The van der Waals surface area contributed by atoms with Gasteiger partial charge < -0.3 is 9.88 Å². The van der Waals surface area contributed by atoms with Crippen LogP contribution in [-0.2, 0) is 0 Å². The molecule has 1 N–H and O–H groups in total. The Morgan fingerprint density at radius 2 is 2.42 bits per heavy atom. The molecule has 2 bridgehead atoms. The largest absolute Gasteiger partial charge is 0.333 e. The molecule has 2 heterocycles. The normalized spacial score (nSPS) is 39.2. The maximum Gasteiger partial charge on any atom is 0.0949 e. The molecule has 3 nitrogen and oxygen atoms in total. The zero-order valence-electron chi connectivity index (χ0n) is 6.98. The smallest absolute Gasteiger partial charge is 0.0949 e. The summed E-state index contributed by atoms with van der Waals surface area (Å²) >= 11 is 0. The van der Waals surface area contributed by atoms with Gasteiger partial charge in [0.25, 0.3) is 0 Å². The number of hydrogen-bond donors (Lipinski definition) is 1. The fourth-order valence-corrected chi connectivity index (χ4v) is 2.71. The van der Waals surface area contributed by atoms with Crippen molar-refractivity contribution >= 4 is 0 Å². The third-order valence-corrected chi connectivity index (χ3v) is 3.26. The molecule has 1 aliphatic heterocycles. The number of rotatable bonds is 1. The van der Waals surface area contributed by atoms with E-state index in [4.69, 9.17) is 0 Å². The topological polar surface area (TPSA) is 29.9 Å². The quantitative estimate of drug-likeness (QED) is 0.664. The van der Waals surface area contributed by atoms with Crippen molar-refractivity contribution in [2.24, 2.45) is 5.92 Å². The Bertz CT molecular complexity index is 247. The summed E-state index contributed by atoms with van der Waals surface area (Å²) in [5, 5.41) is 3.55. The fraction of sp³-hybridized carbons (Fsp3) is 0.667. The molecule has 0 radical (unpaired) electrons. The van der Waals surface area contributed by atoms with E-state index in [-0.39, 0.29) is 0 Å². The third-order valence-electron chi connectivity index (χ3n) is 3.26. The summed E-state index contributed by atoms with van der Waals surface area (Å²) in [6.07, 6.45) is 8.64.